The van der Waals surface area contributed by atoms with Crippen LogP contribution in [0.3, 0.4) is 0 Å². The van der Waals surface area contributed by atoms with E-state index in [0.717, 1.165) is 0 Å². The molecule has 7 nitrogen and oxygen atoms in total. The zero-order valence-electron chi connectivity index (χ0n) is 18.1. The molecule has 1 aliphatic heterocycles. The second kappa shape index (κ2) is 10.2. The quantitative estimate of drug-likeness (QED) is 0.570. The molecule has 2 rings (SSSR count). The number of carbonyl (C=O) groups is 1. The third kappa shape index (κ3) is 6.01. The largest absolute Gasteiger partial charge is 0.490 e. The number of nitrogens with zero attached hydrogens (tertiary/aromatic N) is 1. The van der Waals surface area contributed by atoms with Crippen LogP contribution < -0.4 is 14.2 Å². The number of hydrogen-bond donors (Lipinski definition) is 0. The van der Waals surface area contributed by atoms with Gasteiger partial charge in [-0.3, -0.25) is 4.79 Å². The van der Waals surface area contributed by atoms with Crippen molar-refractivity contribution in [3.63, 3.8) is 0 Å². The fourth-order valence-electron chi connectivity index (χ4n) is 3.49. The van der Waals surface area contributed by atoms with Gasteiger partial charge in [0.2, 0.25) is 5.75 Å². The molecule has 1 aromatic carbocycles. The van der Waals surface area contributed by atoms with Gasteiger partial charge in [-0.05, 0) is 45.2 Å². The molecule has 29 heavy (non-hydrogen) atoms. The molecule has 1 heterocycles. The summed E-state index contributed by atoms with van der Waals surface area (Å²) in [5.41, 5.74) is 0.408. The maximum absolute atomic E-state index is 13.4. The van der Waals surface area contributed by atoms with Gasteiger partial charge < -0.3 is 19.1 Å². The summed E-state index contributed by atoms with van der Waals surface area (Å²) in [6.07, 6.45) is 0.467. The second-order valence-electron chi connectivity index (χ2n) is 7.51. The Balaban J connectivity index is 2.46. The lowest BCUT2D eigenvalue weighted by Gasteiger charge is -2.30. The highest BCUT2D eigenvalue weighted by molar-refractivity contribution is 7.91. The van der Waals surface area contributed by atoms with Gasteiger partial charge in [0.05, 0.1) is 31.3 Å². The van der Waals surface area contributed by atoms with Crippen LogP contribution in [0.2, 0.25) is 0 Å². The number of ether oxygens (including phenoxy) is 3. The minimum absolute atomic E-state index is 0.0130. The summed E-state index contributed by atoms with van der Waals surface area (Å²) in [7, 11) is -3.10. The third-order valence-electron chi connectivity index (χ3n) is 4.63. The molecule has 8 heteroatoms. The van der Waals surface area contributed by atoms with E-state index in [1.165, 1.54) is 0 Å². The maximum atomic E-state index is 13.4. The summed E-state index contributed by atoms with van der Waals surface area (Å²) in [5, 5.41) is 0. The summed E-state index contributed by atoms with van der Waals surface area (Å²) in [6.45, 7) is 11.4. The third-order valence-corrected chi connectivity index (χ3v) is 6.38. The fourth-order valence-corrected chi connectivity index (χ4v) is 5.22. The number of hydrogen-bond acceptors (Lipinski definition) is 6. The van der Waals surface area contributed by atoms with Crippen molar-refractivity contribution in [2.24, 2.45) is 5.92 Å². The van der Waals surface area contributed by atoms with Crippen LogP contribution in [0.15, 0.2) is 12.1 Å². The number of amides is 1. The first-order valence-corrected chi connectivity index (χ1v) is 12.1. The SMILES string of the molecule is CCOc1cc(C(=O)N(CC(C)C)[C@@H]2CCS(=O)(=O)C2)cc(OCC)c1OCC. The smallest absolute Gasteiger partial charge is 0.254 e. The number of rotatable bonds is 10. The van der Waals surface area contributed by atoms with E-state index in [9.17, 15) is 13.2 Å². The highest BCUT2D eigenvalue weighted by Crippen LogP contribution is 2.39. The number of benzene rings is 1. The highest BCUT2D eigenvalue weighted by atomic mass is 32.2. The van der Waals surface area contributed by atoms with Gasteiger partial charge in [0.15, 0.2) is 21.3 Å². The van der Waals surface area contributed by atoms with Crippen LogP contribution >= 0.6 is 0 Å². The Kier molecular flexibility index (Phi) is 8.19. The molecule has 1 atom stereocenters. The van der Waals surface area contributed by atoms with E-state index in [1.54, 1.807) is 17.0 Å². The Morgan fingerprint density at radius 1 is 1.07 bits per heavy atom. The van der Waals surface area contributed by atoms with Gasteiger partial charge in [0, 0.05) is 18.2 Å². The molecule has 0 aliphatic carbocycles. The Morgan fingerprint density at radius 3 is 2.03 bits per heavy atom. The van der Waals surface area contributed by atoms with Gasteiger partial charge in [-0.2, -0.15) is 0 Å². The molecule has 0 unspecified atom stereocenters. The molecule has 0 spiro atoms. The van der Waals surface area contributed by atoms with Crippen LogP contribution in [0.4, 0.5) is 0 Å². The lowest BCUT2D eigenvalue weighted by atomic mass is 10.1. The summed E-state index contributed by atoms with van der Waals surface area (Å²) in [5.74, 6) is 1.51. The zero-order valence-corrected chi connectivity index (χ0v) is 18.9. The molecular weight excluding hydrogens is 394 g/mol. The summed E-state index contributed by atoms with van der Waals surface area (Å²) in [6, 6.07) is 3.01. The lowest BCUT2D eigenvalue weighted by molar-refractivity contribution is 0.0671. The fraction of sp³-hybridized carbons (Fsp3) is 0.667. The summed E-state index contributed by atoms with van der Waals surface area (Å²) < 4.78 is 41.1. The van der Waals surface area contributed by atoms with Crippen LogP contribution in [0.25, 0.3) is 0 Å². The molecule has 1 saturated heterocycles. The summed E-state index contributed by atoms with van der Waals surface area (Å²) in [4.78, 5) is 15.1. The van der Waals surface area contributed by atoms with Crippen LogP contribution in [-0.2, 0) is 9.84 Å². The molecule has 0 radical (unpaired) electrons. The molecule has 0 saturated carbocycles. The molecule has 164 valence electrons. The second-order valence-corrected chi connectivity index (χ2v) is 9.74. The predicted molar refractivity (Wildman–Crippen MR) is 113 cm³/mol. The van der Waals surface area contributed by atoms with E-state index in [-0.39, 0.29) is 29.4 Å². The number of sulfone groups is 1. The minimum Gasteiger partial charge on any atom is -0.490 e. The van der Waals surface area contributed by atoms with E-state index < -0.39 is 9.84 Å². The van der Waals surface area contributed by atoms with Crippen LogP contribution in [-0.4, -0.2) is 63.1 Å². The van der Waals surface area contributed by atoms with Gasteiger partial charge in [-0.1, -0.05) is 13.8 Å². The van der Waals surface area contributed by atoms with Crippen LogP contribution in [0.5, 0.6) is 17.2 Å². The molecule has 0 N–H and O–H groups in total. The molecule has 1 aliphatic rings. The van der Waals surface area contributed by atoms with E-state index >= 15 is 0 Å². The summed E-state index contributed by atoms with van der Waals surface area (Å²) >= 11 is 0. The minimum atomic E-state index is -3.10. The Morgan fingerprint density at radius 2 is 1.62 bits per heavy atom. The van der Waals surface area contributed by atoms with E-state index in [4.69, 9.17) is 14.2 Å². The first-order valence-electron chi connectivity index (χ1n) is 10.3. The molecular formula is C21H33NO6S. The first kappa shape index (κ1) is 23.3. The van der Waals surface area contributed by atoms with E-state index in [2.05, 4.69) is 0 Å². The molecule has 0 aromatic heterocycles. The van der Waals surface area contributed by atoms with Gasteiger partial charge in [0.1, 0.15) is 0 Å². The average Bonchev–Trinajstić information content (AvgIpc) is 3.01. The van der Waals surface area contributed by atoms with Crippen molar-refractivity contribution in [2.75, 3.05) is 37.9 Å². The predicted octanol–water partition coefficient (Wildman–Crippen LogP) is 3.17. The Labute approximate surface area is 174 Å². The molecule has 1 fully saturated rings. The Bertz CT molecular complexity index is 778. The van der Waals surface area contributed by atoms with E-state index in [0.29, 0.717) is 55.6 Å². The van der Waals surface area contributed by atoms with Crippen LogP contribution in [0, 0.1) is 5.92 Å². The van der Waals surface area contributed by atoms with Gasteiger partial charge in [-0.15, -0.1) is 0 Å². The molecule has 0 bridgehead atoms. The zero-order chi connectivity index (χ0) is 21.6. The molecule has 1 aromatic rings. The van der Waals surface area contributed by atoms with Crippen molar-refractivity contribution in [1.82, 2.24) is 4.90 Å². The standard InChI is InChI=1S/C21H33NO6S/c1-6-26-18-11-16(12-19(27-7-2)20(18)28-8-3)21(23)22(13-15(4)5)17-9-10-29(24,25)14-17/h11-12,15,17H,6-10,13-14H2,1-5H3/t17-/m1/s1. The maximum Gasteiger partial charge on any atom is 0.254 e. The van der Waals surface area contributed by atoms with Gasteiger partial charge in [0.25, 0.3) is 5.91 Å². The van der Waals surface area contributed by atoms with Crippen LogP contribution in [0.1, 0.15) is 51.4 Å². The monoisotopic (exact) mass is 427 g/mol. The van der Waals surface area contributed by atoms with E-state index in [1.807, 2.05) is 34.6 Å². The van der Waals surface area contributed by atoms with Crippen molar-refractivity contribution in [1.29, 1.82) is 0 Å². The van der Waals surface area contributed by atoms with Crippen molar-refractivity contribution >= 4 is 15.7 Å². The van der Waals surface area contributed by atoms with Gasteiger partial charge >= 0.3 is 0 Å². The lowest BCUT2D eigenvalue weighted by Crippen LogP contribution is -2.43. The highest BCUT2D eigenvalue weighted by Gasteiger charge is 2.35. The average molecular weight is 428 g/mol. The van der Waals surface area contributed by atoms with Gasteiger partial charge in [-0.25, -0.2) is 8.42 Å². The Hall–Kier alpha value is -1.96. The van der Waals surface area contributed by atoms with Crippen molar-refractivity contribution in [3.8, 4) is 17.2 Å². The van der Waals surface area contributed by atoms with Crippen molar-refractivity contribution in [2.45, 2.75) is 47.1 Å². The van der Waals surface area contributed by atoms with Crippen molar-refractivity contribution < 1.29 is 27.4 Å². The first-order chi connectivity index (χ1) is 13.7. The molecule has 1 amide bonds. The van der Waals surface area contributed by atoms with Crippen molar-refractivity contribution in [3.05, 3.63) is 17.7 Å². The number of carbonyl (C=O) groups excluding carboxylic acids is 1. The normalized spacial score (nSPS) is 17.9. The topological polar surface area (TPSA) is 82.1 Å².